The average molecular weight is 194 g/mol. The van der Waals surface area contributed by atoms with Crippen LogP contribution < -0.4 is 0 Å². The van der Waals surface area contributed by atoms with Gasteiger partial charge in [-0.15, -0.1) is 0 Å². The van der Waals surface area contributed by atoms with Gasteiger partial charge in [0.2, 0.25) is 0 Å². The highest BCUT2D eigenvalue weighted by Gasteiger charge is 2.42. The summed E-state index contributed by atoms with van der Waals surface area (Å²) in [5.41, 5.74) is 1.52. The van der Waals surface area contributed by atoms with Gasteiger partial charge < -0.3 is 9.84 Å². The van der Waals surface area contributed by atoms with Crippen LogP contribution in [0.15, 0.2) is 6.07 Å². The first-order valence-electron chi connectivity index (χ1n) is 4.68. The topological polar surface area (TPSA) is 55.2 Å². The summed E-state index contributed by atoms with van der Waals surface area (Å²) in [6.45, 7) is 4.96. The summed E-state index contributed by atoms with van der Waals surface area (Å²) < 4.78 is 5.12. The summed E-state index contributed by atoms with van der Waals surface area (Å²) in [4.78, 5) is 8.70. The molecule has 1 aromatic heterocycles. The summed E-state index contributed by atoms with van der Waals surface area (Å²) in [7, 11) is 0. The summed E-state index contributed by atoms with van der Waals surface area (Å²) in [5.74, 6) is 0.712. The Balaban J connectivity index is 2.39. The number of hydrogen-bond donors (Lipinski definition) is 1. The molecule has 14 heavy (non-hydrogen) atoms. The minimum atomic E-state index is -0.350. The molecule has 0 saturated carbocycles. The predicted molar refractivity (Wildman–Crippen MR) is 51.1 cm³/mol. The maximum Gasteiger partial charge on any atom is 0.141 e. The van der Waals surface area contributed by atoms with Crippen molar-refractivity contribution in [3.8, 4) is 0 Å². The Morgan fingerprint density at radius 1 is 1.36 bits per heavy atom. The van der Waals surface area contributed by atoms with Crippen LogP contribution in [0.1, 0.15) is 17.2 Å². The summed E-state index contributed by atoms with van der Waals surface area (Å²) >= 11 is 0. The van der Waals surface area contributed by atoms with Gasteiger partial charge in [-0.05, 0) is 19.9 Å². The van der Waals surface area contributed by atoms with E-state index >= 15 is 0 Å². The van der Waals surface area contributed by atoms with Crippen molar-refractivity contribution >= 4 is 0 Å². The van der Waals surface area contributed by atoms with Gasteiger partial charge >= 0.3 is 0 Å². The van der Waals surface area contributed by atoms with Crippen LogP contribution in [0.5, 0.6) is 0 Å². The standard InChI is InChI=1S/C10H14N2O2/c1-7-3-8(2)12-9(11-7)10(4-13)5-14-6-10/h3,13H,4-6H2,1-2H3. The molecule has 0 spiro atoms. The second-order valence-corrected chi connectivity index (χ2v) is 3.91. The molecule has 0 atom stereocenters. The number of hydrogen-bond acceptors (Lipinski definition) is 4. The fourth-order valence-electron chi connectivity index (χ4n) is 1.60. The fraction of sp³-hybridized carbons (Fsp3) is 0.600. The largest absolute Gasteiger partial charge is 0.395 e. The van der Waals surface area contributed by atoms with Crippen molar-refractivity contribution in [3.05, 3.63) is 23.3 Å². The van der Waals surface area contributed by atoms with Crippen molar-refractivity contribution in [1.82, 2.24) is 9.97 Å². The van der Waals surface area contributed by atoms with Gasteiger partial charge in [0.05, 0.1) is 25.2 Å². The predicted octanol–water partition coefficient (Wildman–Crippen LogP) is 0.354. The highest BCUT2D eigenvalue weighted by molar-refractivity contribution is 5.18. The zero-order chi connectivity index (χ0) is 10.2. The van der Waals surface area contributed by atoms with E-state index in [0.29, 0.717) is 19.0 Å². The Kier molecular flexibility index (Phi) is 2.25. The minimum absolute atomic E-state index is 0.0515. The van der Waals surface area contributed by atoms with Gasteiger partial charge in [0.15, 0.2) is 0 Å². The van der Waals surface area contributed by atoms with Crippen LogP contribution in [0.25, 0.3) is 0 Å². The monoisotopic (exact) mass is 194 g/mol. The molecule has 1 fully saturated rings. The van der Waals surface area contributed by atoms with E-state index in [-0.39, 0.29) is 12.0 Å². The zero-order valence-electron chi connectivity index (χ0n) is 8.45. The fourth-order valence-corrected chi connectivity index (χ4v) is 1.60. The van der Waals surface area contributed by atoms with E-state index in [1.807, 2.05) is 19.9 Å². The number of rotatable bonds is 2. The van der Waals surface area contributed by atoms with Crippen LogP contribution in [0.3, 0.4) is 0 Å². The van der Waals surface area contributed by atoms with E-state index in [0.717, 1.165) is 11.4 Å². The van der Waals surface area contributed by atoms with Crippen LogP contribution in [0, 0.1) is 13.8 Å². The van der Waals surface area contributed by atoms with Gasteiger partial charge in [-0.25, -0.2) is 9.97 Å². The molecule has 0 radical (unpaired) electrons. The summed E-state index contributed by atoms with van der Waals surface area (Å²) in [6.07, 6.45) is 0. The first-order valence-corrected chi connectivity index (χ1v) is 4.68. The van der Waals surface area contributed by atoms with Crippen molar-refractivity contribution in [2.75, 3.05) is 19.8 Å². The Hall–Kier alpha value is -1.00. The Morgan fingerprint density at radius 2 is 1.93 bits per heavy atom. The number of ether oxygens (including phenoxy) is 1. The molecule has 1 N–H and O–H groups in total. The third kappa shape index (κ3) is 1.40. The molecule has 76 valence electrons. The SMILES string of the molecule is Cc1cc(C)nc(C2(CO)COC2)n1. The lowest BCUT2D eigenvalue weighted by molar-refractivity contribution is -0.0885. The molecule has 1 aliphatic rings. The Labute approximate surface area is 83.0 Å². The molecule has 0 amide bonds. The molecule has 2 heterocycles. The van der Waals surface area contributed by atoms with Crippen LogP contribution in [-0.2, 0) is 10.2 Å². The maximum atomic E-state index is 9.31. The molecule has 4 nitrogen and oxygen atoms in total. The van der Waals surface area contributed by atoms with E-state index in [4.69, 9.17) is 4.74 Å². The third-order valence-electron chi connectivity index (χ3n) is 2.52. The van der Waals surface area contributed by atoms with Gasteiger partial charge in [0.25, 0.3) is 0 Å². The molecule has 0 aromatic carbocycles. The summed E-state index contributed by atoms with van der Waals surface area (Å²) in [6, 6.07) is 1.92. The lowest BCUT2D eigenvalue weighted by Gasteiger charge is -2.38. The van der Waals surface area contributed by atoms with Crippen molar-refractivity contribution in [3.63, 3.8) is 0 Å². The molecule has 1 aromatic rings. The maximum absolute atomic E-state index is 9.31. The van der Waals surface area contributed by atoms with E-state index < -0.39 is 0 Å². The number of aromatic nitrogens is 2. The van der Waals surface area contributed by atoms with Gasteiger partial charge in [-0.2, -0.15) is 0 Å². The van der Waals surface area contributed by atoms with Crippen molar-refractivity contribution < 1.29 is 9.84 Å². The van der Waals surface area contributed by atoms with Crippen LogP contribution in [-0.4, -0.2) is 34.9 Å². The molecule has 1 aliphatic heterocycles. The molecular weight excluding hydrogens is 180 g/mol. The Bertz CT molecular complexity index is 322. The molecular formula is C10H14N2O2. The highest BCUT2D eigenvalue weighted by Crippen LogP contribution is 2.29. The second kappa shape index (κ2) is 3.29. The highest BCUT2D eigenvalue weighted by atomic mass is 16.5. The third-order valence-corrected chi connectivity index (χ3v) is 2.52. The smallest absolute Gasteiger partial charge is 0.141 e. The first-order chi connectivity index (χ1) is 6.66. The molecule has 0 unspecified atom stereocenters. The van der Waals surface area contributed by atoms with E-state index in [1.54, 1.807) is 0 Å². The number of aliphatic hydroxyl groups is 1. The van der Waals surface area contributed by atoms with Crippen LogP contribution in [0.2, 0.25) is 0 Å². The van der Waals surface area contributed by atoms with Crippen molar-refractivity contribution in [2.24, 2.45) is 0 Å². The first kappa shape index (κ1) is 9.55. The Morgan fingerprint density at radius 3 is 2.29 bits per heavy atom. The molecule has 2 rings (SSSR count). The quantitative estimate of drug-likeness (QED) is 0.738. The lowest BCUT2D eigenvalue weighted by atomic mass is 9.86. The molecule has 0 aliphatic carbocycles. The van der Waals surface area contributed by atoms with Gasteiger partial charge in [-0.3, -0.25) is 0 Å². The van der Waals surface area contributed by atoms with E-state index in [2.05, 4.69) is 9.97 Å². The van der Waals surface area contributed by atoms with Gasteiger partial charge in [0, 0.05) is 11.4 Å². The van der Waals surface area contributed by atoms with Crippen LogP contribution >= 0.6 is 0 Å². The second-order valence-electron chi connectivity index (χ2n) is 3.91. The van der Waals surface area contributed by atoms with E-state index in [9.17, 15) is 5.11 Å². The van der Waals surface area contributed by atoms with Gasteiger partial charge in [0.1, 0.15) is 5.82 Å². The zero-order valence-corrected chi connectivity index (χ0v) is 8.45. The van der Waals surface area contributed by atoms with E-state index in [1.165, 1.54) is 0 Å². The number of nitrogens with zero attached hydrogens (tertiary/aromatic N) is 2. The number of aryl methyl sites for hydroxylation is 2. The molecule has 1 saturated heterocycles. The normalized spacial score (nSPS) is 19.1. The molecule has 0 bridgehead atoms. The van der Waals surface area contributed by atoms with Crippen molar-refractivity contribution in [1.29, 1.82) is 0 Å². The summed E-state index contributed by atoms with van der Waals surface area (Å²) in [5, 5.41) is 9.31. The van der Waals surface area contributed by atoms with Crippen molar-refractivity contribution in [2.45, 2.75) is 19.3 Å². The molecule has 4 heteroatoms. The number of aliphatic hydroxyl groups excluding tert-OH is 1. The lowest BCUT2D eigenvalue weighted by Crippen LogP contribution is -2.51. The minimum Gasteiger partial charge on any atom is -0.395 e. The average Bonchev–Trinajstić information content (AvgIpc) is 2.01. The van der Waals surface area contributed by atoms with Gasteiger partial charge in [-0.1, -0.05) is 0 Å². The van der Waals surface area contributed by atoms with Crippen LogP contribution in [0.4, 0.5) is 0 Å².